The third-order valence-corrected chi connectivity index (χ3v) is 8.10. The van der Waals surface area contributed by atoms with Gasteiger partial charge in [-0.15, -0.1) is 0 Å². The fourth-order valence-electron chi connectivity index (χ4n) is 4.12. The molecule has 1 saturated heterocycles. The fraction of sp³-hybridized carbons (Fsp3) is 0.440. The predicted octanol–water partition coefficient (Wildman–Crippen LogP) is 2.67. The third-order valence-electron chi connectivity index (χ3n) is 6.32. The third kappa shape index (κ3) is 6.15. The summed E-state index contributed by atoms with van der Waals surface area (Å²) in [5.74, 6) is -0.929. The summed E-state index contributed by atoms with van der Waals surface area (Å²) in [4.78, 5) is 26.6. The van der Waals surface area contributed by atoms with Gasteiger partial charge in [-0.25, -0.2) is 8.42 Å². The van der Waals surface area contributed by atoms with E-state index >= 15 is 0 Å². The molecule has 0 radical (unpaired) electrons. The standard InChI is InChI=1S/C25H32N4O4S/c1-18-4-3-5-23(16-18)28-12-14-29(15-13-28)34(32,33)17-24(30)26-19(2)20-8-10-22(11-9-20)27-25(31)21-6-7-21/h3-5,8-11,16,19,21H,6-7,12-15,17H2,1-2H3,(H,26,30)(H,27,31). The van der Waals surface area contributed by atoms with Crippen LogP contribution in [0.4, 0.5) is 11.4 Å². The summed E-state index contributed by atoms with van der Waals surface area (Å²) >= 11 is 0. The quantitative estimate of drug-likeness (QED) is 0.600. The molecule has 1 aliphatic heterocycles. The number of sulfonamides is 1. The number of benzene rings is 2. The number of aryl methyl sites for hydroxylation is 1. The maximum atomic E-state index is 12.8. The van der Waals surface area contributed by atoms with E-state index in [1.807, 2.05) is 44.2 Å². The molecular formula is C25H32N4O4S. The zero-order valence-corrected chi connectivity index (χ0v) is 20.5. The molecule has 2 aliphatic rings. The summed E-state index contributed by atoms with van der Waals surface area (Å²) < 4.78 is 27.1. The number of anilines is 2. The van der Waals surface area contributed by atoms with E-state index in [2.05, 4.69) is 21.6 Å². The second kappa shape index (κ2) is 10.1. The molecule has 0 bridgehead atoms. The van der Waals surface area contributed by atoms with Crippen LogP contribution >= 0.6 is 0 Å². The van der Waals surface area contributed by atoms with Crippen LogP contribution in [0.15, 0.2) is 48.5 Å². The van der Waals surface area contributed by atoms with Crippen LogP contribution in [0, 0.1) is 12.8 Å². The molecule has 1 atom stereocenters. The number of carbonyl (C=O) groups excluding carboxylic acids is 2. The molecule has 2 N–H and O–H groups in total. The Labute approximate surface area is 201 Å². The van der Waals surface area contributed by atoms with E-state index in [1.165, 1.54) is 4.31 Å². The van der Waals surface area contributed by atoms with Crippen molar-refractivity contribution in [1.82, 2.24) is 9.62 Å². The lowest BCUT2D eigenvalue weighted by atomic mass is 10.1. The highest BCUT2D eigenvalue weighted by Gasteiger charge is 2.30. The van der Waals surface area contributed by atoms with Crippen molar-refractivity contribution in [2.24, 2.45) is 5.92 Å². The lowest BCUT2D eigenvalue weighted by Crippen LogP contribution is -2.50. The predicted molar refractivity (Wildman–Crippen MR) is 133 cm³/mol. The van der Waals surface area contributed by atoms with Gasteiger partial charge in [0.1, 0.15) is 5.75 Å². The van der Waals surface area contributed by atoms with E-state index in [-0.39, 0.29) is 17.9 Å². The van der Waals surface area contributed by atoms with Gasteiger partial charge in [-0.05, 0) is 62.1 Å². The summed E-state index contributed by atoms with van der Waals surface area (Å²) in [6.07, 6.45) is 1.89. The smallest absolute Gasteiger partial charge is 0.237 e. The van der Waals surface area contributed by atoms with Crippen molar-refractivity contribution in [3.8, 4) is 0 Å². The second-order valence-electron chi connectivity index (χ2n) is 9.16. The molecule has 4 rings (SSSR count). The van der Waals surface area contributed by atoms with Crippen molar-refractivity contribution in [3.05, 3.63) is 59.7 Å². The topological polar surface area (TPSA) is 98.8 Å². The lowest BCUT2D eigenvalue weighted by molar-refractivity contribution is -0.119. The van der Waals surface area contributed by atoms with Crippen molar-refractivity contribution < 1.29 is 18.0 Å². The minimum atomic E-state index is -3.70. The van der Waals surface area contributed by atoms with Crippen molar-refractivity contribution >= 4 is 33.2 Å². The maximum absolute atomic E-state index is 12.8. The maximum Gasteiger partial charge on any atom is 0.237 e. The van der Waals surface area contributed by atoms with Gasteiger partial charge in [-0.1, -0.05) is 24.3 Å². The van der Waals surface area contributed by atoms with Crippen LogP contribution in [0.25, 0.3) is 0 Å². The number of amides is 2. The van der Waals surface area contributed by atoms with Crippen LogP contribution in [-0.2, 0) is 19.6 Å². The Morgan fingerprint density at radius 1 is 1.03 bits per heavy atom. The number of nitrogens with one attached hydrogen (secondary N) is 2. The molecular weight excluding hydrogens is 452 g/mol. The van der Waals surface area contributed by atoms with Gasteiger partial charge in [0.2, 0.25) is 21.8 Å². The molecule has 8 nitrogen and oxygen atoms in total. The van der Waals surface area contributed by atoms with Gasteiger partial charge in [0.05, 0.1) is 6.04 Å². The highest BCUT2D eigenvalue weighted by atomic mass is 32.2. The van der Waals surface area contributed by atoms with Gasteiger partial charge in [0, 0.05) is 43.5 Å². The van der Waals surface area contributed by atoms with Crippen LogP contribution in [0.2, 0.25) is 0 Å². The summed E-state index contributed by atoms with van der Waals surface area (Å²) in [7, 11) is -3.70. The first-order valence-corrected chi connectivity index (χ1v) is 13.3. The van der Waals surface area contributed by atoms with Gasteiger partial charge in [-0.3, -0.25) is 9.59 Å². The first-order chi connectivity index (χ1) is 16.2. The van der Waals surface area contributed by atoms with Crippen molar-refractivity contribution in [1.29, 1.82) is 0 Å². The molecule has 2 fully saturated rings. The Balaban J connectivity index is 1.26. The number of rotatable bonds is 8. The average molecular weight is 485 g/mol. The van der Waals surface area contributed by atoms with Gasteiger partial charge >= 0.3 is 0 Å². The number of hydrogen-bond acceptors (Lipinski definition) is 5. The van der Waals surface area contributed by atoms with Crippen LogP contribution in [-0.4, -0.2) is 56.5 Å². The van der Waals surface area contributed by atoms with E-state index in [4.69, 9.17) is 0 Å². The monoisotopic (exact) mass is 484 g/mol. The largest absolute Gasteiger partial charge is 0.369 e. The summed E-state index contributed by atoms with van der Waals surface area (Å²) in [5.41, 5.74) is 3.80. The second-order valence-corrected chi connectivity index (χ2v) is 11.1. The summed E-state index contributed by atoms with van der Waals surface area (Å²) in [6, 6.07) is 15.0. The average Bonchev–Trinajstić information content (AvgIpc) is 3.65. The molecule has 0 aromatic heterocycles. The number of hydrogen-bond donors (Lipinski definition) is 2. The highest BCUT2D eigenvalue weighted by Crippen LogP contribution is 2.30. The van der Waals surface area contributed by atoms with E-state index in [9.17, 15) is 18.0 Å². The van der Waals surface area contributed by atoms with Gasteiger partial charge < -0.3 is 15.5 Å². The zero-order chi connectivity index (χ0) is 24.3. The van der Waals surface area contributed by atoms with Gasteiger partial charge in [-0.2, -0.15) is 4.31 Å². The Bertz CT molecular complexity index is 1140. The Morgan fingerprint density at radius 2 is 1.71 bits per heavy atom. The van der Waals surface area contributed by atoms with E-state index < -0.39 is 21.7 Å². The molecule has 1 saturated carbocycles. The van der Waals surface area contributed by atoms with Gasteiger partial charge in [0.25, 0.3) is 0 Å². The molecule has 2 aromatic rings. The first kappa shape index (κ1) is 24.2. The van der Waals surface area contributed by atoms with Crippen molar-refractivity contribution in [2.45, 2.75) is 32.7 Å². The van der Waals surface area contributed by atoms with E-state index in [0.717, 1.165) is 29.7 Å². The fourth-order valence-corrected chi connectivity index (χ4v) is 5.43. The zero-order valence-electron chi connectivity index (χ0n) is 19.7. The molecule has 0 spiro atoms. The highest BCUT2D eigenvalue weighted by molar-refractivity contribution is 7.89. The Hall–Kier alpha value is -2.91. The lowest BCUT2D eigenvalue weighted by Gasteiger charge is -2.35. The molecule has 1 aliphatic carbocycles. The summed E-state index contributed by atoms with van der Waals surface area (Å²) in [5, 5.41) is 5.66. The first-order valence-electron chi connectivity index (χ1n) is 11.7. The number of carbonyl (C=O) groups is 2. The molecule has 34 heavy (non-hydrogen) atoms. The minimum Gasteiger partial charge on any atom is -0.369 e. The Morgan fingerprint density at radius 3 is 2.32 bits per heavy atom. The van der Waals surface area contributed by atoms with E-state index in [1.54, 1.807) is 12.1 Å². The summed E-state index contributed by atoms with van der Waals surface area (Å²) in [6.45, 7) is 5.73. The molecule has 9 heteroatoms. The van der Waals surface area contributed by atoms with Crippen molar-refractivity contribution in [2.75, 3.05) is 42.1 Å². The number of nitrogens with zero attached hydrogens (tertiary/aromatic N) is 2. The molecule has 2 aromatic carbocycles. The minimum absolute atomic E-state index is 0.0408. The SMILES string of the molecule is Cc1cccc(N2CCN(S(=O)(=O)CC(=O)NC(C)c3ccc(NC(=O)C4CC4)cc3)CC2)c1. The number of piperazine rings is 1. The van der Waals surface area contributed by atoms with Crippen LogP contribution < -0.4 is 15.5 Å². The normalized spacial score (nSPS) is 17.8. The molecule has 1 heterocycles. The molecule has 182 valence electrons. The van der Waals surface area contributed by atoms with Crippen molar-refractivity contribution in [3.63, 3.8) is 0 Å². The molecule has 1 unspecified atom stereocenters. The molecule has 2 amide bonds. The Kier molecular flexibility index (Phi) is 7.23. The van der Waals surface area contributed by atoms with Gasteiger partial charge in [0.15, 0.2) is 0 Å². The van der Waals surface area contributed by atoms with Crippen LogP contribution in [0.5, 0.6) is 0 Å². The van der Waals surface area contributed by atoms with Crippen LogP contribution in [0.1, 0.15) is 36.9 Å². The van der Waals surface area contributed by atoms with E-state index in [0.29, 0.717) is 31.9 Å². The van der Waals surface area contributed by atoms with Crippen LogP contribution in [0.3, 0.4) is 0 Å².